The molecule has 0 aliphatic rings. The summed E-state index contributed by atoms with van der Waals surface area (Å²) in [5, 5.41) is 13.9. The molecule has 4 heteroatoms. The molecule has 0 spiro atoms. The molecule has 1 heterocycles. The molecule has 0 saturated carbocycles. The minimum absolute atomic E-state index is 0.0104. The van der Waals surface area contributed by atoms with E-state index in [1.165, 1.54) is 21.9 Å². The molecule has 0 saturated heterocycles. The Morgan fingerprint density at radius 1 is 0.968 bits per heavy atom. The van der Waals surface area contributed by atoms with E-state index < -0.39 is 0 Å². The molecule has 0 aliphatic carbocycles. The van der Waals surface area contributed by atoms with Gasteiger partial charge in [-0.25, -0.2) is 4.98 Å². The van der Waals surface area contributed by atoms with E-state index in [1.807, 2.05) is 19.1 Å². The largest absolute Gasteiger partial charge is 0.508 e. The third kappa shape index (κ3) is 4.01. The summed E-state index contributed by atoms with van der Waals surface area (Å²) < 4.78 is 6.70. The second kappa shape index (κ2) is 7.52. The molecule has 162 valence electrons. The van der Waals surface area contributed by atoms with Crippen LogP contribution in [0.5, 0.6) is 11.5 Å². The van der Waals surface area contributed by atoms with Crippen molar-refractivity contribution >= 4 is 32.3 Å². The Balaban J connectivity index is 1.89. The first-order chi connectivity index (χ1) is 14.5. The third-order valence-corrected chi connectivity index (χ3v) is 6.97. The van der Waals surface area contributed by atoms with Crippen LogP contribution in [0.25, 0.3) is 21.0 Å². The highest BCUT2D eigenvalue weighted by Crippen LogP contribution is 2.40. The number of fused-ring (bicyclic) bond motifs is 2. The Hall–Kier alpha value is -2.59. The second-order valence-corrected chi connectivity index (χ2v) is 11.3. The van der Waals surface area contributed by atoms with Crippen LogP contribution < -0.4 is 4.74 Å². The lowest BCUT2D eigenvalue weighted by atomic mass is 9.76. The highest BCUT2D eigenvalue weighted by Gasteiger charge is 2.27. The number of hydrogen-bond donors (Lipinski definition) is 1. The first kappa shape index (κ1) is 21.6. The summed E-state index contributed by atoms with van der Waals surface area (Å²) in [5.74, 6) is 1.19. The zero-order valence-corrected chi connectivity index (χ0v) is 20.3. The van der Waals surface area contributed by atoms with Crippen molar-refractivity contribution in [2.24, 2.45) is 0 Å². The first-order valence-corrected chi connectivity index (χ1v) is 11.5. The van der Waals surface area contributed by atoms with Crippen molar-refractivity contribution in [3.63, 3.8) is 0 Å². The summed E-state index contributed by atoms with van der Waals surface area (Å²) in [7, 11) is 1.73. The monoisotopic (exact) mass is 433 g/mol. The van der Waals surface area contributed by atoms with Crippen LogP contribution in [0.15, 0.2) is 42.5 Å². The number of ether oxygens (including phenoxy) is 1. The van der Waals surface area contributed by atoms with Crippen LogP contribution in [-0.4, -0.2) is 17.2 Å². The maximum absolute atomic E-state index is 10.4. The van der Waals surface area contributed by atoms with Gasteiger partial charge in [0.1, 0.15) is 11.5 Å². The van der Waals surface area contributed by atoms with Crippen molar-refractivity contribution in [3.8, 4) is 11.5 Å². The van der Waals surface area contributed by atoms with Gasteiger partial charge in [0.2, 0.25) is 0 Å². The van der Waals surface area contributed by atoms with E-state index >= 15 is 0 Å². The first-order valence-electron chi connectivity index (χ1n) is 10.7. The number of phenols is 1. The lowest BCUT2D eigenvalue weighted by Crippen LogP contribution is -2.21. The van der Waals surface area contributed by atoms with Crippen LogP contribution in [0.3, 0.4) is 0 Å². The maximum Gasteiger partial charge on any atom is 0.119 e. The average Bonchev–Trinajstić information content (AvgIpc) is 3.05. The van der Waals surface area contributed by atoms with Crippen LogP contribution in [0, 0.1) is 6.92 Å². The molecule has 0 fully saturated rings. The normalized spacial score (nSPS) is 12.6. The lowest BCUT2D eigenvalue weighted by Gasteiger charge is -2.28. The Labute approximate surface area is 188 Å². The topological polar surface area (TPSA) is 42.4 Å². The molecule has 0 radical (unpaired) electrons. The van der Waals surface area contributed by atoms with Gasteiger partial charge in [-0.05, 0) is 75.9 Å². The highest BCUT2D eigenvalue weighted by atomic mass is 32.1. The van der Waals surface area contributed by atoms with Crippen molar-refractivity contribution in [1.29, 1.82) is 0 Å². The molecule has 1 N–H and O–H groups in total. The fourth-order valence-corrected chi connectivity index (χ4v) is 5.42. The minimum atomic E-state index is -0.212. The minimum Gasteiger partial charge on any atom is -0.508 e. The van der Waals surface area contributed by atoms with Gasteiger partial charge in [-0.3, -0.25) is 0 Å². The Morgan fingerprint density at radius 2 is 1.71 bits per heavy atom. The van der Waals surface area contributed by atoms with E-state index in [9.17, 15) is 5.11 Å². The van der Waals surface area contributed by atoms with Crippen molar-refractivity contribution in [2.75, 3.05) is 7.11 Å². The molecule has 31 heavy (non-hydrogen) atoms. The lowest BCUT2D eigenvalue weighted by molar-refractivity contribution is 0.413. The van der Waals surface area contributed by atoms with Gasteiger partial charge in [0.25, 0.3) is 0 Å². The SMILES string of the molecule is COc1cc(C(C)(C)C)c2cccc(CC(C)(C)c3cc(O)cc4sc(C)nc34)c2c1. The molecule has 3 aromatic carbocycles. The van der Waals surface area contributed by atoms with Gasteiger partial charge in [-0.2, -0.15) is 0 Å². The van der Waals surface area contributed by atoms with Gasteiger partial charge in [0.15, 0.2) is 0 Å². The molecule has 0 unspecified atom stereocenters. The number of aromatic hydroxyl groups is 1. The summed E-state index contributed by atoms with van der Waals surface area (Å²) in [6.45, 7) is 13.2. The number of thiazole rings is 1. The van der Waals surface area contributed by atoms with E-state index in [-0.39, 0.29) is 10.8 Å². The summed E-state index contributed by atoms with van der Waals surface area (Å²) in [5.41, 5.74) is 4.45. The zero-order valence-electron chi connectivity index (χ0n) is 19.5. The number of hydrogen-bond acceptors (Lipinski definition) is 4. The number of methoxy groups -OCH3 is 1. The second-order valence-electron chi connectivity index (χ2n) is 10.1. The fourth-order valence-electron chi connectivity index (χ4n) is 4.53. The van der Waals surface area contributed by atoms with Crippen LogP contribution in [0.2, 0.25) is 0 Å². The highest BCUT2D eigenvalue weighted by molar-refractivity contribution is 7.18. The molecule has 0 atom stereocenters. The number of benzene rings is 3. The number of phenolic OH excluding ortho intramolecular Hbond substituents is 1. The average molecular weight is 434 g/mol. The van der Waals surface area contributed by atoms with Crippen molar-refractivity contribution < 1.29 is 9.84 Å². The third-order valence-electron chi connectivity index (χ3n) is 6.05. The van der Waals surface area contributed by atoms with Gasteiger partial charge in [-0.15, -0.1) is 11.3 Å². The zero-order chi connectivity index (χ0) is 22.6. The molecular formula is C27H31NO2S. The van der Waals surface area contributed by atoms with Crippen molar-refractivity contribution in [3.05, 3.63) is 64.2 Å². The summed E-state index contributed by atoms with van der Waals surface area (Å²) in [6.07, 6.45) is 0.830. The van der Waals surface area contributed by atoms with E-state index in [0.717, 1.165) is 33.0 Å². The van der Waals surface area contributed by atoms with Crippen LogP contribution in [0.4, 0.5) is 0 Å². The molecule has 0 aliphatic heterocycles. The summed E-state index contributed by atoms with van der Waals surface area (Å²) >= 11 is 1.63. The molecule has 4 rings (SSSR count). The van der Waals surface area contributed by atoms with Gasteiger partial charge in [0, 0.05) is 0 Å². The van der Waals surface area contributed by atoms with E-state index in [1.54, 1.807) is 18.4 Å². The Morgan fingerprint density at radius 3 is 2.39 bits per heavy atom. The predicted molar refractivity (Wildman–Crippen MR) is 132 cm³/mol. The van der Waals surface area contributed by atoms with Gasteiger partial charge in [-0.1, -0.05) is 52.8 Å². The number of aromatic nitrogens is 1. The number of aryl methyl sites for hydroxylation is 1. The van der Waals surface area contributed by atoms with Gasteiger partial charge in [0.05, 0.1) is 22.3 Å². The summed E-state index contributed by atoms with van der Waals surface area (Å²) in [6, 6.07) is 14.6. The smallest absolute Gasteiger partial charge is 0.119 e. The molecule has 3 nitrogen and oxygen atoms in total. The molecule has 0 bridgehead atoms. The van der Waals surface area contributed by atoms with Gasteiger partial charge < -0.3 is 9.84 Å². The molecule has 1 aromatic heterocycles. The van der Waals surface area contributed by atoms with Crippen LogP contribution in [0.1, 0.15) is 56.3 Å². The Kier molecular flexibility index (Phi) is 5.25. The van der Waals surface area contributed by atoms with E-state index in [2.05, 4.69) is 65.0 Å². The Bertz CT molecular complexity index is 1280. The van der Waals surface area contributed by atoms with Gasteiger partial charge >= 0.3 is 0 Å². The maximum atomic E-state index is 10.4. The molecule has 0 amide bonds. The quantitative estimate of drug-likeness (QED) is 0.367. The summed E-state index contributed by atoms with van der Waals surface area (Å²) in [4.78, 5) is 4.79. The van der Waals surface area contributed by atoms with Crippen molar-refractivity contribution in [2.45, 2.75) is 58.8 Å². The fraction of sp³-hybridized carbons (Fsp3) is 0.370. The van der Waals surface area contributed by atoms with E-state index in [4.69, 9.17) is 9.72 Å². The van der Waals surface area contributed by atoms with Crippen LogP contribution >= 0.6 is 11.3 Å². The number of nitrogens with zero attached hydrogens (tertiary/aromatic N) is 1. The molecular weight excluding hydrogens is 402 g/mol. The van der Waals surface area contributed by atoms with Crippen molar-refractivity contribution in [1.82, 2.24) is 4.98 Å². The van der Waals surface area contributed by atoms with E-state index in [0.29, 0.717) is 5.75 Å². The molecule has 4 aromatic rings. The predicted octanol–water partition coefficient (Wildman–Crippen LogP) is 7.29. The van der Waals surface area contributed by atoms with Crippen LogP contribution in [-0.2, 0) is 17.3 Å². The standard InChI is InChI=1S/C27H31NO2S/c1-16-28-25-23(11-18(29)12-24(25)31-16)27(5,6)15-17-9-8-10-20-21(17)13-19(30-7)14-22(20)26(2,3)4/h8-14,29H,15H2,1-7H3. The number of rotatable bonds is 4.